The minimum absolute atomic E-state index is 0.145. The number of halogens is 1. The molecule has 2 amide bonds. The minimum atomic E-state index is -2.86. The van der Waals surface area contributed by atoms with Gasteiger partial charge >= 0.3 is 6.64 Å². The molecule has 28 heavy (non-hydrogen) atoms. The zero-order chi connectivity index (χ0) is 20.3. The van der Waals surface area contributed by atoms with Gasteiger partial charge in [-0.15, -0.1) is 0 Å². The number of imide groups is 1. The summed E-state index contributed by atoms with van der Waals surface area (Å²) in [5.41, 5.74) is 0.855. The first-order valence-electron chi connectivity index (χ1n) is 8.73. The summed E-state index contributed by atoms with van der Waals surface area (Å²) in [5.74, 6) is -0.0102. The molecule has 0 fully saturated rings. The van der Waals surface area contributed by atoms with Crippen LogP contribution in [0, 0.1) is 0 Å². The van der Waals surface area contributed by atoms with Crippen LogP contribution in [0.4, 0.5) is 0 Å². The monoisotopic (exact) mass is 482 g/mol. The lowest BCUT2D eigenvalue weighted by molar-refractivity contribution is 0.0656. The van der Waals surface area contributed by atoms with Gasteiger partial charge in [0.2, 0.25) is 0 Å². The molecule has 0 aromatic heterocycles. The molecule has 2 aromatic rings. The third-order valence-electron chi connectivity index (χ3n) is 3.91. The van der Waals surface area contributed by atoms with E-state index in [2.05, 4.69) is 21.0 Å². The van der Waals surface area contributed by atoms with E-state index < -0.39 is 6.64 Å². The van der Waals surface area contributed by atoms with Gasteiger partial charge in [-0.05, 0) is 62.1 Å². The molecule has 148 valence electrons. The molecule has 3 rings (SSSR count). The van der Waals surface area contributed by atoms with E-state index in [4.69, 9.17) is 20.9 Å². The van der Waals surface area contributed by atoms with Gasteiger partial charge in [0.25, 0.3) is 11.8 Å². The molecule has 1 atom stereocenters. The third-order valence-corrected chi connectivity index (χ3v) is 7.07. The molecule has 0 aliphatic carbocycles. The van der Waals surface area contributed by atoms with Crippen LogP contribution in [0.3, 0.4) is 0 Å². The number of amides is 2. The highest BCUT2D eigenvalue weighted by atomic mass is 79.9. The van der Waals surface area contributed by atoms with Gasteiger partial charge in [0.1, 0.15) is 5.75 Å². The van der Waals surface area contributed by atoms with Crippen molar-refractivity contribution >= 4 is 46.2 Å². The fraction of sp³-hybridized carbons (Fsp3) is 0.263. The second-order valence-corrected chi connectivity index (χ2v) is 10.5. The minimum Gasteiger partial charge on any atom is -0.433 e. The molecular formula is C19H20BrN2O4PS. The van der Waals surface area contributed by atoms with Crippen molar-refractivity contribution in [2.75, 3.05) is 13.1 Å². The van der Waals surface area contributed by atoms with Crippen LogP contribution in [-0.2, 0) is 16.3 Å². The molecule has 1 aliphatic rings. The van der Waals surface area contributed by atoms with Crippen LogP contribution in [0.25, 0.3) is 0 Å². The molecule has 0 radical (unpaired) electrons. The topological polar surface area (TPSA) is 67.9 Å². The first kappa shape index (κ1) is 21.1. The second kappa shape index (κ2) is 8.84. The summed E-state index contributed by atoms with van der Waals surface area (Å²) < 4.78 is 12.7. The maximum atomic E-state index is 12.5. The van der Waals surface area contributed by atoms with Crippen molar-refractivity contribution in [2.45, 2.75) is 20.0 Å². The summed E-state index contributed by atoms with van der Waals surface area (Å²) in [6.07, 6.45) is -0.145. The van der Waals surface area contributed by atoms with Gasteiger partial charge in [-0.25, -0.2) is 5.09 Å². The average Bonchev–Trinajstić information content (AvgIpc) is 2.88. The van der Waals surface area contributed by atoms with Crippen molar-refractivity contribution in [1.82, 2.24) is 9.99 Å². The molecule has 9 heteroatoms. The van der Waals surface area contributed by atoms with E-state index in [1.54, 1.807) is 36.4 Å². The molecular weight excluding hydrogens is 463 g/mol. The van der Waals surface area contributed by atoms with Gasteiger partial charge in [-0.3, -0.25) is 14.5 Å². The van der Waals surface area contributed by atoms with E-state index in [9.17, 15) is 9.59 Å². The number of carbonyl (C=O) groups is 2. The van der Waals surface area contributed by atoms with Crippen molar-refractivity contribution in [3.63, 3.8) is 0 Å². The quantitative estimate of drug-likeness (QED) is 0.445. The lowest BCUT2D eigenvalue weighted by Gasteiger charge is -2.26. The van der Waals surface area contributed by atoms with Crippen LogP contribution in [0.15, 0.2) is 53.0 Å². The summed E-state index contributed by atoms with van der Waals surface area (Å²) in [6.45, 7) is 1.33. The number of fused-ring (bicyclic) bond motifs is 1. The zero-order valence-electron chi connectivity index (χ0n) is 15.4. The zero-order valence-corrected chi connectivity index (χ0v) is 18.7. The third kappa shape index (κ3) is 4.88. The Labute approximate surface area is 177 Å². The number of carbonyl (C=O) groups excluding carboxylic acids is 2. The van der Waals surface area contributed by atoms with Gasteiger partial charge < -0.3 is 9.05 Å². The SMILES string of the molecule is CC(C)OP(=S)(NCCN1C(=O)c2ccccc2C1=O)Oc1ccc(Br)cc1. The van der Waals surface area contributed by atoms with E-state index in [1.807, 2.05) is 26.0 Å². The molecule has 0 bridgehead atoms. The number of benzene rings is 2. The average molecular weight is 483 g/mol. The van der Waals surface area contributed by atoms with Crippen LogP contribution in [0.5, 0.6) is 5.75 Å². The second-order valence-electron chi connectivity index (χ2n) is 6.41. The highest BCUT2D eigenvalue weighted by molar-refractivity contribution is 9.10. The number of hydrogen-bond acceptors (Lipinski definition) is 5. The van der Waals surface area contributed by atoms with Crippen LogP contribution in [-0.4, -0.2) is 35.9 Å². The highest BCUT2D eigenvalue weighted by Gasteiger charge is 2.35. The van der Waals surface area contributed by atoms with E-state index in [-0.39, 0.29) is 31.0 Å². The summed E-state index contributed by atoms with van der Waals surface area (Å²) in [4.78, 5) is 26.1. The molecule has 0 saturated heterocycles. The Morgan fingerprint density at radius 1 is 1.07 bits per heavy atom. The van der Waals surface area contributed by atoms with Crippen LogP contribution in [0.2, 0.25) is 0 Å². The number of nitrogens with zero attached hydrogens (tertiary/aromatic N) is 1. The first-order valence-corrected chi connectivity index (χ1v) is 12.2. The van der Waals surface area contributed by atoms with Gasteiger partial charge in [-0.1, -0.05) is 28.1 Å². The van der Waals surface area contributed by atoms with Crippen LogP contribution in [0.1, 0.15) is 34.6 Å². The Morgan fingerprint density at radius 2 is 1.64 bits per heavy atom. The van der Waals surface area contributed by atoms with Crippen molar-refractivity contribution < 1.29 is 18.6 Å². The Kier molecular flexibility index (Phi) is 6.68. The largest absolute Gasteiger partial charge is 0.433 e. The van der Waals surface area contributed by atoms with Crippen molar-refractivity contribution in [3.05, 3.63) is 64.1 Å². The number of nitrogens with one attached hydrogen (secondary N) is 1. The molecule has 1 unspecified atom stereocenters. The molecule has 0 saturated carbocycles. The smallest absolute Gasteiger partial charge is 0.313 e. The van der Waals surface area contributed by atoms with Gasteiger partial charge in [-0.2, -0.15) is 0 Å². The lowest BCUT2D eigenvalue weighted by atomic mass is 10.1. The Hall–Kier alpha value is -1.57. The lowest BCUT2D eigenvalue weighted by Crippen LogP contribution is -2.36. The first-order chi connectivity index (χ1) is 13.3. The van der Waals surface area contributed by atoms with Gasteiger partial charge in [0.05, 0.1) is 17.2 Å². The normalized spacial score (nSPS) is 15.6. The maximum absolute atomic E-state index is 12.5. The number of rotatable bonds is 8. The van der Waals surface area contributed by atoms with E-state index in [0.717, 1.165) is 4.47 Å². The maximum Gasteiger partial charge on any atom is 0.313 e. The van der Waals surface area contributed by atoms with Crippen LogP contribution >= 0.6 is 22.6 Å². The van der Waals surface area contributed by atoms with Crippen LogP contribution < -0.4 is 9.61 Å². The van der Waals surface area contributed by atoms with Gasteiger partial charge in [0, 0.05) is 17.6 Å². The van der Waals surface area contributed by atoms with Crippen molar-refractivity contribution in [3.8, 4) is 5.75 Å². The predicted octanol–water partition coefficient (Wildman–Crippen LogP) is 4.36. The Bertz CT molecular complexity index is 901. The van der Waals surface area contributed by atoms with Crippen molar-refractivity contribution in [1.29, 1.82) is 0 Å². The molecule has 6 nitrogen and oxygen atoms in total. The van der Waals surface area contributed by atoms with E-state index in [0.29, 0.717) is 16.9 Å². The molecule has 0 spiro atoms. The van der Waals surface area contributed by atoms with Crippen molar-refractivity contribution in [2.24, 2.45) is 0 Å². The molecule has 2 aromatic carbocycles. The molecule has 1 heterocycles. The van der Waals surface area contributed by atoms with E-state index in [1.165, 1.54) is 4.90 Å². The Morgan fingerprint density at radius 3 is 2.18 bits per heavy atom. The predicted molar refractivity (Wildman–Crippen MR) is 115 cm³/mol. The summed E-state index contributed by atoms with van der Waals surface area (Å²) in [6, 6.07) is 14.1. The fourth-order valence-electron chi connectivity index (χ4n) is 2.74. The summed E-state index contributed by atoms with van der Waals surface area (Å²) in [5, 5.41) is 3.11. The summed E-state index contributed by atoms with van der Waals surface area (Å²) >= 11 is 9.00. The van der Waals surface area contributed by atoms with Gasteiger partial charge in [0.15, 0.2) is 0 Å². The Balaban J connectivity index is 1.66. The number of hydrogen-bond donors (Lipinski definition) is 1. The van der Waals surface area contributed by atoms with E-state index >= 15 is 0 Å². The fourth-order valence-corrected chi connectivity index (χ4v) is 5.57. The summed E-state index contributed by atoms with van der Waals surface area (Å²) in [7, 11) is 0. The standard InChI is InChI=1S/C19H20BrN2O4PS/c1-13(2)25-27(28,26-15-9-7-14(20)8-10-15)21-11-12-22-18(23)16-5-3-4-6-17(16)19(22)24/h3-10,13H,11-12H2,1-2H3,(H,21,28). The highest BCUT2D eigenvalue weighted by Crippen LogP contribution is 2.45. The molecule has 1 aliphatic heterocycles. The molecule has 1 N–H and O–H groups in total.